The molecule has 0 bridgehead atoms. The van der Waals surface area contributed by atoms with E-state index in [0.29, 0.717) is 0 Å². The zero-order valence-corrected chi connectivity index (χ0v) is 14.4. The van der Waals surface area contributed by atoms with Crippen molar-refractivity contribution in [1.82, 2.24) is 16.0 Å². The average molecular weight is 294 g/mol. The van der Waals surface area contributed by atoms with E-state index in [2.05, 4.69) is 54.7 Å². The van der Waals surface area contributed by atoms with Gasteiger partial charge in [-0.2, -0.15) is 0 Å². The number of aliphatic imine (C=N–C) groups is 1. The van der Waals surface area contributed by atoms with Crippen molar-refractivity contribution in [3.8, 4) is 0 Å². The molecule has 122 valence electrons. The van der Waals surface area contributed by atoms with Gasteiger partial charge in [-0.3, -0.25) is 4.99 Å². The van der Waals surface area contributed by atoms with E-state index in [1.54, 1.807) is 5.57 Å². The lowest BCUT2D eigenvalue weighted by Crippen LogP contribution is -2.40. The van der Waals surface area contributed by atoms with Crippen molar-refractivity contribution in [3.63, 3.8) is 0 Å². The number of guanidine groups is 1. The van der Waals surface area contributed by atoms with Crippen molar-refractivity contribution >= 4 is 5.96 Å². The Bertz CT molecular complexity index is 339. The first-order valence-electron chi connectivity index (χ1n) is 8.46. The zero-order valence-electron chi connectivity index (χ0n) is 14.4. The van der Waals surface area contributed by atoms with Gasteiger partial charge in [0.05, 0.1) is 6.54 Å². The molecule has 4 nitrogen and oxygen atoms in total. The molecule has 0 aromatic carbocycles. The largest absolute Gasteiger partial charge is 0.357 e. The highest BCUT2D eigenvalue weighted by molar-refractivity contribution is 5.79. The lowest BCUT2D eigenvalue weighted by molar-refractivity contribution is 0.432. The Kier molecular flexibility index (Phi) is 8.43. The van der Waals surface area contributed by atoms with Crippen molar-refractivity contribution in [2.75, 3.05) is 26.2 Å². The van der Waals surface area contributed by atoms with Crippen molar-refractivity contribution in [2.45, 2.75) is 65.3 Å². The Morgan fingerprint density at radius 2 is 2.00 bits per heavy atom. The van der Waals surface area contributed by atoms with Gasteiger partial charge in [-0.15, -0.1) is 0 Å². The molecule has 0 amide bonds. The first-order chi connectivity index (χ1) is 10.0. The number of nitrogens with one attached hydrogen (secondary N) is 3. The number of hydrogen-bond donors (Lipinski definition) is 3. The number of rotatable bonds is 7. The van der Waals surface area contributed by atoms with Crippen LogP contribution >= 0.6 is 0 Å². The smallest absolute Gasteiger partial charge is 0.191 e. The van der Waals surface area contributed by atoms with Gasteiger partial charge < -0.3 is 16.0 Å². The molecule has 1 rings (SSSR count). The Morgan fingerprint density at radius 1 is 1.19 bits per heavy atom. The molecule has 21 heavy (non-hydrogen) atoms. The first-order valence-corrected chi connectivity index (χ1v) is 8.46. The number of hydrogen-bond acceptors (Lipinski definition) is 2. The topological polar surface area (TPSA) is 48.5 Å². The maximum atomic E-state index is 4.61. The van der Waals surface area contributed by atoms with Crippen molar-refractivity contribution in [2.24, 2.45) is 4.99 Å². The van der Waals surface area contributed by atoms with Crippen LogP contribution in [0.15, 0.2) is 16.6 Å². The summed E-state index contributed by atoms with van der Waals surface area (Å²) in [4.78, 5) is 4.61. The summed E-state index contributed by atoms with van der Waals surface area (Å²) < 4.78 is 0. The minimum Gasteiger partial charge on any atom is -0.357 e. The molecular weight excluding hydrogens is 260 g/mol. The normalized spacial score (nSPS) is 16.6. The third-order valence-corrected chi connectivity index (χ3v) is 3.50. The number of allylic oxidation sites excluding steroid dienone is 1. The molecule has 0 unspecified atom stereocenters. The Morgan fingerprint density at radius 3 is 2.62 bits per heavy atom. The molecule has 4 heteroatoms. The maximum Gasteiger partial charge on any atom is 0.191 e. The molecule has 1 aliphatic carbocycles. The second-order valence-electron chi connectivity index (χ2n) is 6.72. The van der Waals surface area contributed by atoms with E-state index in [1.165, 1.54) is 25.7 Å². The molecule has 0 saturated carbocycles. The van der Waals surface area contributed by atoms with Gasteiger partial charge in [0.1, 0.15) is 0 Å². The van der Waals surface area contributed by atoms with Crippen LogP contribution in [0.1, 0.15) is 59.8 Å². The second-order valence-corrected chi connectivity index (χ2v) is 6.72. The molecule has 0 atom stereocenters. The summed E-state index contributed by atoms with van der Waals surface area (Å²) in [6, 6.07) is 0. The van der Waals surface area contributed by atoms with Gasteiger partial charge in [0.2, 0.25) is 0 Å². The van der Waals surface area contributed by atoms with Crippen LogP contribution in [0.3, 0.4) is 0 Å². The molecule has 1 aliphatic rings. The van der Waals surface area contributed by atoms with E-state index in [-0.39, 0.29) is 5.54 Å². The molecule has 0 aliphatic heterocycles. The summed E-state index contributed by atoms with van der Waals surface area (Å²) in [5.74, 6) is 0.935. The first kappa shape index (κ1) is 18.0. The van der Waals surface area contributed by atoms with Crippen LogP contribution in [0.4, 0.5) is 0 Å². The Balaban J connectivity index is 2.26. The summed E-state index contributed by atoms with van der Waals surface area (Å²) >= 11 is 0. The third kappa shape index (κ3) is 9.51. The van der Waals surface area contributed by atoms with Gasteiger partial charge in [-0.25, -0.2) is 0 Å². The van der Waals surface area contributed by atoms with Crippen molar-refractivity contribution < 1.29 is 0 Å². The Hall–Kier alpha value is -1.03. The van der Waals surface area contributed by atoms with Crippen LogP contribution in [0, 0.1) is 0 Å². The van der Waals surface area contributed by atoms with E-state index >= 15 is 0 Å². The van der Waals surface area contributed by atoms with E-state index in [0.717, 1.165) is 38.6 Å². The van der Waals surface area contributed by atoms with Crippen LogP contribution in [-0.4, -0.2) is 37.7 Å². The van der Waals surface area contributed by atoms with Crippen molar-refractivity contribution in [3.05, 3.63) is 11.6 Å². The van der Waals surface area contributed by atoms with Crippen LogP contribution < -0.4 is 16.0 Å². The second kappa shape index (κ2) is 9.82. The van der Waals surface area contributed by atoms with E-state index in [9.17, 15) is 0 Å². The highest BCUT2D eigenvalue weighted by atomic mass is 15.2. The van der Waals surface area contributed by atoms with Gasteiger partial charge >= 0.3 is 0 Å². The quantitative estimate of drug-likeness (QED) is 0.293. The van der Waals surface area contributed by atoms with E-state index < -0.39 is 0 Å². The monoisotopic (exact) mass is 294 g/mol. The molecular formula is C17H34N4. The summed E-state index contributed by atoms with van der Waals surface area (Å²) in [7, 11) is 0. The number of nitrogens with zero attached hydrogens (tertiary/aromatic N) is 1. The van der Waals surface area contributed by atoms with Crippen LogP contribution in [-0.2, 0) is 0 Å². The highest BCUT2D eigenvalue weighted by Gasteiger charge is 2.07. The maximum absolute atomic E-state index is 4.61. The van der Waals surface area contributed by atoms with Gasteiger partial charge in [0, 0.05) is 25.2 Å². The lowest BCUT2D eigenvalue weighted by Gasteiger charge is -2.20. The predicted octanol–water partition coefficient (Wildman–Crippen LogP) is 2.82. The van der Waals surface area contributed by atoms with Gasteiger partial charge in [0.15, 0.2) is 5.96 Å². The summed E-state index contributed by atoms with van der Waals surface area (Å²) in [6.07, 6.45) is 8.83. The van der Waals surface area contributed by atoms with E-state index in [4.69, 9.17) is 0 Å². The molecule has 0 aromatic rings. The third-order valence-electron chi connectivity index (χ3n) is 3.50. The molecule has 0 fully saturated rings. The molecule has 0 saturated heterocycles. The highest BCUT2D eigenvalue weighted by Crippen LogP contribution is 2.19. The minimum absolute atomic E-state index is 0.161. The zero-order chi connectivity index (χ0) is 15.6. The molecule has 3 N–H and O–H groups in total. The molecule has 0 heterocycles. The van der Waals surface area contributed by atoms with Crippen LogP contribution in [0.5, 0.6) is 0 Å². The fourth-order valence-electron chi connectivity index (χ4n) is 2.41. The summed E-state index contributed by atoms with van der Waals surface area (Å²) in [6.45, 7) is 12.2. The van der Waals surface area contributed by atoms with Crippen molar-refractivity contribution in [1.29, 1.82) is 0 Å². The standard InChI is InChI=1S/C17H34N4/c1-5-18-16(20-13-14-21-17(2,3)4)19-12-11-15-9-7-6-8-10-15/h9,21H,5-8,10-14H2,1-4H3,(H2,18,19,20). The van der Waals surface area contributed by atoms with Gasteiger partial charge in [-0.05, 0) is 59.8 Å². The van der Waals surface area contributed by atoms with Crippen LogP contribution in [0.25, 0.3) is 0 Å². The van der Waals surface area contributed by atoms with Gasteiger partial charge in [0.25, 0.3) is 0 Å². The fourth-order valence-corrected chi connectivity index (χ4v) is 2.41. The molecule has 0 spiro atoms. The average Bonchev–Trinajstić information content (AvgIpc) is 2.43. The fraction of sp³-hybridized carbons (Fsp3) is 0.824. The molecule has 0 aromatic heterocycles. The van der Waals surface area contributed by atoms with Gasteiger partial charge in [-0.1, -0.05) is 11.6 Å². The summed E-state index contributed by atoms with van der Waals surface area (Å²) in [5, 5.41) is 10.2. The SMILES string of the molecule is CCNC(=NCCNC(C)(C)C)NCCC1=CCCCC1. The van der Waals surface area contributed by atoms with Crippen LogP contribution in [0.2, 0.25) is 0 Å². The Labute approximate surface area is 130 Å². The lowest BCUT2D eigenvalue weighted by atomic mass is 9.97. The minimum atomic E-state index is 0.161. The predicted molar refractivity (Wildman–Crippen MR) is 92.9 cm³/mol. The van der Waals surface area contributed by atoms with E-state index in [1.807, 2.05) is 0 Å². The summed E-state index contributed by atoms with van der Waals surface area (Å²) in [5.41, 5.74) is 1.77. The molecule has 0 radical (unpaired) electrons.